The molecule has 0 saturated heterocycles. The SMILES string of the molecule is CC(O)CCN(C)C(=O)N[C@@H](CC(=O)O)C(=O)O. The first-order valence-corrected chi connectivity index (χ1v) is 5.38. The quantitative estimate of drug-likeness (QED) is 0.481. The normalized spacial score (nSPS) is 13.5. The minimum Gasteiger partial charge on any atom is -0.481 e. The molecule has 0 rings (SSSR count). The van der Waals surface area contributed by atoms with Gasteiger partial charge in [-0.2, -0.15) is 0 Å². The molecule has 18 heavy (non-hydrogen) atoms. The van der Waals surface area contributed by atoms with Crippen molar-refractivity contribution in [1.29, 1.82) is 0 Å². The van der Waals surface area contributed by atoms with E-state index in [1.807, 2.05) is 0 Å². The van der Waals surface area contributed by atoms with Crippen molar-refractivity contribution in [2.45, 2.75) is 31.9 Å². The van der Waals surface area contributed by atoms with E-state index in [1.165, 1.54) is 11.9 Å². The van der Waals surface area contributed by atoms with Gasteiger partial charge in [0.25, 0.3) is 0 Å². The highest BCUT2D eigenvalue weighted by Gasteiger charge is 2.24. The Balaban J connectivity index is 4.32. The molecule has 0 fully saturated rings. The van der Waals surface area contributed by atoms with Crippen LogP contribution in [0.4, 0.5) is 4.79 Å². The topological polar surface area (TPSA) is 127 Å². The molecule has 0 aliphatic carbocycles. The number of carboxylic acids is 2. The monoisotopic (exact) mass is 262 g/mol. The van der Waals surface area contributed by atoms with Crippen molar-refractivity contribution in [3.63, 3.8) is 0 Å². The number of carbonyl (C=O) groups is 3. The van der Waals surface area contributed by atoms with Crippen LogP contribution in [0.3, 0.4) is 0 Å². The summed E-state index contributed by atoms with van der Waals surface area (Å²) >= 11 is 0. The first-order valence-electron chi connectivity index (χ1n) is 5.38. The van der Waals surface area contributed by atoms with Gasteiger partial charge in [-0.25, -0.2) is 9.59 Å². The van der Waals surface area contributed by atoms with Crippen molar-refractivity contribution in [2.75, 3.05) is 13.6 Å². The fraction of sp³-hybridized carbons (Fsp3) is 0.700. The van der Waals surface area contributed by atoms with Gasteiger partial charge >= 0.3 is 18.0 Å². The number of hydrogen-bond acceptors (Lipinski definition) is 4. The summed E-state index contributed by atoms with van der Waals surface area (Å²) in [5, 5.41) is 28.4. The highest BCUT2D eigenvalue weighted by Crippen LogP contribution is 1.97. The van der Waals surface area contributed by atoms with Gasteiger partial charge in [0.1, 0.15) is 6.04 Å². The number of nitrogens with one attached hydrogen (secondary N) is 1. The van der Waals surface area contributed by atoms with Crippen molar-refractivity contribution in [3.8, 4) is 0 Å². The number of hydrogen-bond donors (Lipinski definition) is 4. The van der Waals surface area contributed by atoms with Gasteiger partial charge in [0, 0.05) is 13.6 Å². The van der Waals surface area contributed by atoms with E-state index < -0.39 is 36.5 Å². The highest BCUT2D eigenvalue weighted by atomic mass is 16.4. The van der Waals surface area contributed by atoms with Crippen LogP contribution in [0.1, 0.15) is 19.8 Å². The molecule has 104 valence electrons. The van der Waals surface area contributed by atoms with E-state index in [0.29, 0.717) is 6.42 Å². The van der Waals surface area contributed by atoms with E-state index in [0.717, 1.165) is 0 Å². The number of aliphatic hydroxyl groups excluding tert-OH is 1. The largest absolute Gasteiger partial charge is 0.481 e. The minimum atomic E-state index is -1.47. The maximum atomic E-state index is 11.5. The summed E-state index contributed by atoms with van der Waals surface area (Å²) in [4.78, 5) is 33.9. The second-order valence-corrected chi connectivity index (χ2v) is 4.00. The summed E-state index contributed by atoms with van der Waals surface area (Å²) in [7, 11) is 1.43. The molecule has 0 aromatic carbocycles. The molecular weight excluding hydrogens is 244 g/mol. The van der Waals surface area contributed by atoms with Crippen LogP contribution >= 0.6 is 0 Å². The molecule has 2 atom stereocenters. The third-order valence-corrected chi connectivity index (χ3v) is 2.20. The molecule has 4 N–H and O–H groups in total. The molecule has 2 amide bonds. The van der Waals surface area contributed by atoms with Crippen LogP contribution < -0.4 is 5.32 Å². The summed E-state index contributed by atoms with van der Waals surface area (Å²) in [6, 6.07) is -2.16. The van der Waals surface area contributed by atoms with Crippen LogP contribution in [-0.2, 0) is 9.59 Å². The Morgan fingerprint density at radius 2 is 1.83 bits per heavy atom. The number of carboxylic acid groups (broad SMARTS) is 2. The van der Waals surface area contributed by atoms with Gasteiger partial charge in [0.05, 0.1) is 12.5 Å². The highest BCUT2D eigenvalue weighted by molar-refractivity contribution is 5.86. The average Bonchev–Trinajstić information content (AvgIpc) is 2.23. The standard InChI is InChI=1S/C10H18N2O6/c1-6(13)3-4-12(2)10(18)11-7(9(16)17)5-8(14)15/h6-7,13H,3-5H2,1-2H3,(H,11,18)(H,14,15)(H,16,17)/t6?,7-/m0/s1. The Kier molecular flexibility index (Phi) is 6.73. The lowest BCUT2D eigenvalue weighted by Gasteiger charge is -2.21. The van der Waals surface area contributed by atoms with Gasteiger partial charge in [-0.1, -0.05) is 0 Å². The van der Waals surface area contributed by atoms with Crippen LogP contribution in [0.5, 0.6) is 0 Å². The zero-order chi connectivity index (χ0) is 14.3. The lowest BCUT2D eigenvalue weighted by molar-refractivity contribution is -0.145. The maximum absolute atomic E-state index is 11.5. The summed E-state index contributed by atoms with van der Waals surface area (Å²) in [6.07, 6.45) is -0.916. The fourth-order valence-corrected chi connectivity index (χ4v) is 1.12. The molecule has 0 aromatic rings. The zero-order valence-electron chi connectivity index (χ0n) is 10.3. The molecule has 0 heterocycles. The summed E-state index contributed by atoms with van der Waals surface area (Å²) < 4.78 is 0. The van der Waals surface area contributed by atoms with Gasteiger partial charge in [-0.3, -0.25) is 4.79 Å². The van der Waals surface area contributed by atoms with Crippen LogP contribution in [0.15, 0.2) is 0 Å². The summed E-state index contributed by atoms with van der Waals surface area (Å²) in [5.41, 5.74) is 0. The molecule has 8 heteroatoms. The van der Waals surface area contributed by atoms with Crippen LogP contribution in [0.2, 0.25) is 0 Å². The van der Waals surface area contributed by atoms with Gasteiger partial charge in [-0.05, 0) is 13.3 Å². The van der Waals surface area contributed by atoms with Crippen LogP contribution in [0.25, 0.3) is 0 Å². The Morgan fingerprint density at radius 1 is 1.28 bits per heavy atom. The molecule has 0 aliphatic rings. The number of urea groups is 1. The first kappa shape index (κ1) is 16.2. The number of amides is 2. The molecule has 0 aromatic heterocycles. The second kappa shape index (κ2) is 7.49. The predicted molar refractivity (Wildman–Crippen MR) is 61.1 cm³/mol. The number of aliphatic carboxylic acids is 2. The molecular formula is C10H18N2O6. The van der Waals surface area contributed by atoms with E-state index in [1.54, 1.807) is 6.92 Å². The van der Waals surface area contributed by atoms with Gasteiger partial charge in [0.15, 0.2) is 0 Å². The molecule has 0 aliphatic heterocycles. The lowest BCUT2D eigenvalue weighted by atomic mass is 10.2. The van der Waals surface area contributed by atoms with Crippen LogP contribution in [0, 0.1) is 0 Å². The summed E-state index contributed by atoms with van der Waals surface area (Å²) in [6.45, 7) is 1.80. The van der Waals surface area contributed by atoms with Gasteiger partial charge in [0.2, 0.25) is 0 Å². The molecule has 0 saturated carbocycles. The average molecular weight is 262 g/mol. The first-order chi connectivity index (χ1) is 8.23. The second-order valence-electron chi connectivity index (χ2n) is 4.00. The molecule has 1 unspecified atom stereocenters. The van der Waals surface area contributed by atoms with E-state index >= 15 is 0 Å². The number of carbonyl (C=O) groups excluding carboxylic acids is 1. The maximum Gasteiger partial charge on any atom is 0.326 e. The zero-order valence-corrected chi connectivity index (χ0v) is 10.3. The molecule has 0 bridgehead atoms. The molecule has 0 spiro atoms. The van der Waals surface area contributed by atoms with Crippen molar-refractivity contribution < 1.29 is 29.7 Å². The Labute approximate surface area is 104 Å². The number of nitrogens with zero attached hydrogens (tertiary/aromatic N) is 1. The minimum absolute atomic E-state index is 0.239. The van der Waals surface area contributed by atoms with Crippen molar-refractivity contribution in [2.24, 2.45) is 0 Å². The lowest BCUT2D eigenvalue weighted by Crippen LogP contribution is -2.48. The third kappa shape index (κ3) is 6.69. The molecule has 0 radical (unpaired) electrons. The van der Waals surface area contributed by atoms with Crippen LogP contribution in [-0.4, -0.2) is 63.9 Å². The fourth-order valence-electron chi connectivity index (χ4n) is 1.12. The van der Waals surface area contributed by atoms with Gasteiger partial charge < -0.3 is 25.5 Å². The smallest absolute Gasteiger partial charge is 0.326 e. The van der Waals surface area contributed by atoms with Gasteiger partial charge in [-0.15, -0.1) is 0 Å². The predicted octanol–water partition coefficient (Wildman–Crippen LogP) is -0.673. The Morgan fingerprint density at radius 3 is 2.22 bits per heavy atom. The molecule has 8 nitrogen and oxygen atoms in total. The van der Waals surface area contributed by atoms with E-state index in [4.69, 9.17) is 15.3 Å². The van der Waals surface area contributed by atoms with Crippen molar-refractivity contribution in [1.82, 2.24) is 10.2 Å². The van der Waals surface area contributed by atoms with Crippen molar-refractivity contribution >= 4 is 18.0 Å². The summed E-state index contributed by atoms with van der Waals surface area (Å²) in [5.74, 6) is -2.72. The Bertz CT molecular complexity index is 317. The van der Waals surface area contributed by atoms with E-state index in [9.17, 15) is 14.4 Å². The van der Waals surface area contributed by atoms with Crippen molar-refractivity contribution in [3.05, 3.63) is 0 Å². The number of aliphatic hydroxyl groups is 1. The third-order valence-electron chi connectivity index (χ3n) is 2.20. The number of rotatable bonds is 7. The Hall–Kier alpha value is -1.83. The van der Waals surface area contributed by atoms with E-state index in [-0.39, 0.29) is 6.54 Å². The van der Waals surface area contributed by atoms with E-state index in [2.05, 4.69) is 5.32 Å².